The molecule has 1 aromatic carbocycles. The lowest BCUT2D eigenvalue weighted by Crippen LogP contribution is -2.96. The Hall–Kier alpha value is -2.38. The minimum atomic E-state index is -4.98. The molecule has 30 heavy (non-hydrogen) atoms. The van der Waals surface area contributed by atoms with E-state index < -0.39 is 29.6 Å². The second-order valence-corrected chi connectivity index (χ2v) is 8.53. The summed E-state index contributed by atoms with van der Waals surface area (Å²) in [6.07, 6.45) is 1.75. The monoisotopic (exact) mass is 422 g/mol. The fourth-order valence-corrected chi connectivity index (χ4v) is 4.89. The number of nitrogens with one attached hydrogen (secondary N) is 2. The summed E-state index contributed by atoms with van der Waals surface area (Å²) < 4.78 is 43.2. The van der Waals surface area contributed by atoms with Crippen LogP contribution in [0.3, 0.4) is 0 Å². The van der Waals surface area contributed by atoms with E-state index >= 15 is 0 Å². The lowest BCUT2D eigenvalue weighted by molar-refractivity contribution is -0.581. The molecule has 2 N–H and O–H groups in total. The number of rotatable bonds is 4. The van der Waals surface area contributed by atoms with Gasteiger partial charge in [-0.25, -0.2) is 9.79 Å². The van der Waals surface area contributed by atoms with Crippen molar-refractivity contribution in [2.45, 2.75) is 75.7 Å². The summed E-state index contributed by atoms with van der Waals surface area (Å²) >= 11 is 0. The van der Waals surface area contributed by atoms with Crippen LogP contribution >= 0.6 is 0 Å². The van der Waals surface area contributed by atoms with Crippen molar-refractivity contribution in [3.63, 3.8) is 0 Å². The maximum Gasteiger partial charge on any atom is 0.465 e. The third kappa shape index (κ3) is 3.61. The molecule has 2 fully saturated rings. The Morgan fingerprint density at radius 3 is 2.20 bits per heavy atom. The van der Waals surface area contributed by atoms with Crippen LogP contribution in [0.25, 0.3) is 0 Å². The number of hydrogen-bond donors (Lipinski definition) is 2. The third-order valence-electron chi connectivity index (χ3n) is 6.54. The number of nitrogens with zero attached hydrogens (tertiary/aromatic N) is 1. The van der Waals surface area contributed by atoms with Crippen LogP contribution in [-0.2, 0) is 9.59 Å². The Morgan fingerprint density at radius 1 is 1.00 bits per heavy atom. The Labute approximate surface area is 173 Å². The van der Waals surface area contributed by atoms with Gasteiger partial charge in [-0.3, -0.25) is 10.1 Å². The van der Waals surface area contributed by atoms with E-state index in [9.17, 15) is 22.8 Å². The van der Waals surface area contributed by atoms with Gasteiger partial charge in [0.25, 0.3) is 5.84 Å². The Kier molecular flexibility index (Phi) is 5.59. The van der Waals surface area contributed by atoms with Gasteiger partial charge >= 0.3 is 17.7 Å². The third-order valence-corrected chi connectivity index (χ3v) is 6.54. The molecule has 1 aromatic rings. The van der Waals surface area contributed by atoms with E-state index in [0.29, 0.717) is 31.2 Å². The molecule has 0 aromatic heterocycles. The zero-order valence-corrected chi connectivity index (χ0v) is 16.8. The summed E-state index contributed by atoms with van der Waals surface area (Å²) in [7, 11) is 0. The molecule has 162 valence electrons. The molecule has 1 atom stereocenters. The Balaban J connectivity index is 1.75. The van der Waals surface area contributed by atoms with Crippen LogP contribution in [0, 0.1) is 5.92 Å². The fourth-order valence-electron chi connectivity index (χ4n) is 4.89. The van der Waals surface area contributed by atoms with Crippen LogP contribution in [0.1, 0.15) is 63.4 Å². The first-order chi connectivity index (χ1) is 14.3. The highest BCUT2D eigenvalue weighted by Crippen LogP contribution is 2.34. The number of carbonyl (C=O) groups excluding carboxylic acids is 2. The molecule has 4 rings (SSSR count). The summed E-state index contributed by atoms with van der Waals surface area (Å²) in [5.41, 5.74) is -2.63. The second-order valence-electron chi connectivity index (χ2n) is 8.53. The van der Waals surface area contributed by atoms with Crippen molar-refractivity contribution >= 4 is 17.6 Å². The average molecular weight is 422 g/mol. The largest absolute Gasteiger partial charge is 0.465 e. The van der Waals surface area contributed by atoms with Crippen molar-refractivity contribution < 1.29 is 27.8 Å². The van der Waals surface area contributed by atoms with Gasteiger partial charge in [0, 0.05) is 5.92 Å². The molecular weight excluding hydrogens is 395 g/mol. The number of amides is 2. The van der Waals surface area contributed by atoms with E-state index in [1.54, 1.807) is 30.3 Å². The number of carbonyl (C=O) groups is 2. The van der Waals surface area contributed by atoms with Gasteiger partial charge < -0.3 is 0 Å². The standard InChI is InChI=1S/C22H26F3N3O2/c23-22(24,25)21(27-19(29)16-11-5-2-6-12-16)20(30)28(17-13-7-8-14-17)18(26-21)15-9-3-1-4-10-15/h1,3-4,9-10,16-17H,2,5-8,11-14H2,(H,27,29)/p+1/t21-/m1/s1. The van der Waals surface area contributed by atoms with Crippen molar-refractivity contribution in [1.29, 1.82) is 0 Å². The smallest absolute Gasteiger partial charge is 0.297 e. The molecule has 2 amide bonds. The summed E-state index contributed by atoms with van der Waals surface area (Å²) in [4.78, 5) is 29.9. The van der Waals surface area contributed by atoms with Crippen LogP contribution in [-0.4, -0.2) is 40.4 Å². The van der Waals surface area contributed by atoms with Crippen LogP contribution in [0.15, 0.2) is 30.3 Å². The van der Waals surface area contributed by atoms with Crippen molar-refractivity contribution in [3.05, 3.63) is 35.9 Å². The molecule has 1 aliphatic heterocycles. The first kappa shape index (κ1) is 20.9. The molecular formula is C22H27F3N3O2+. The van der Waals surface area contributed by atoms with Crippen LogP contribution in [0.4, 0.5) is 13.2 Å². The molecule has 0 saturated heterocycles. The van der Waals surface area contributed by atoms with E-state index in [2.05, 4.69) is 10.3 Å². The van der Waals surface area contributed by atoms with Gasteiger partial charge in [-0.2, -0.15) is 18.1 Å². The van der Waals surface area contributed by atoms with Crippen molar-refractivity contribution in [1.82, 2.24) is 10.2 Å². The topological polar surface area (TPSA) is 63.4 Å². The molecule has 8 heteroatoms. The van der Waals surface area contributed by atoms with Gasteiger partial charge in [-0.05, 0) is 50.7 Å². The minimum absolute atomic E-state index is 0.119. The molecule has 0 unspecified atom stereocenters. The highest BCUT2D eigenvalue weighted by Gasteiger charge is 2.73. The van der Waals surface area contributed by atoms with Gasteiger partial charge in [0.2, 0.25) is 5.91 Å². The number of alkyl halides is 3. The molecule has 3 aliphatic rings. The number of halogens is 3. The van der Waals surface area contributed by atoms with E-state index in [-0.39, 0.29) is 11.9 Å². The normalized spacial score (nSPS) is 26.2. The summed E-state index contributed by atoms with van der Waals surface area (Å²) in [5.74, 6) is -2.21. The summed E-state index contributed by atoms with van der Waals surface area (Å²) in [6, 6.07) is 8.24. The quantitative estimate of drug-likeness (QED) is 0.782. The first-order valence-corrected chi connectivity index (χ1v) is 10.8. The van der Waals surface area contributed by atoms with Crippen LogP contribution < -0.4 is 10.3 Å². The summed E-state index contributed by atoms with van der Waals surface area (Å²) in [5, 5.41) is 2.12. The molecule has 0 spiro atoms. The zero-order valence-electron chi connectivity index (χ0n) is 16.8. The average Bonchev–Trinajstić information content (AvgIpc) is 3.36. The Bertz CT molecular complexity index is 828. The minimum Gasteiger partial charge on any atom is -0.297 e. The van der Waals surface area contributed by atoms with E-state index in [1.807, 2.05) is 0 Å². The molecule has 2 aliphatic carbocycles. The molecule has 5 nitrogen and oxygen atoms in total. The van der Waals surface area contributed by atoms with Crippen molar-refractivity contribution in [3.8, 4) is 0 Å². The number of hydrogen-bond acceptors (Lipinski definition) is 2. The van der Waals surface area contributed by atoms with Gasteiger partial charge in [0.1, 0.15) is 6.04 Å². The molecule has 0 radical (unpaired) electrons. The van der Waals surface area contributed by atoms with Crippen molar-refractivity contribution in [2.75, 3.05) is 0 Å². The Morgan fingerprint density at radius 2 is 1.60 bits per heavy atom. The van der Waals surface area contributed by atoms with Crippen molar-refractivity contribution in [2.24, 2.45) is 5.92 Å². The SMILES string of the molecule is O=C(N[C@]1(C(F)(F)F)[NH+]=C(c2ccccc2)N(C2CCCC2)C1=O)C1CCCCC1. The van der Waals surface area contributed by atoms with Gasteiger partial charge in [0.05, 0.1) is 5.56 Å². The van der Waals surface area contributed by atoms with Crippen LogP contribution in [0.2, 0.25) is 0 Å². The lowest BCUT2D eigenvalue weighted by atomic mass is 9.88. The molecule has 0 bridgehead atoms. The van der Waals surface area contributed by atoms with E-state index in [4.69, 9.17) is 0 Å². The number of benzene rings is 1. The van der Waals surface area contributed by atoms with E-state index in [0.717, 1.165) is 32.1 Å². The van der Waals surface area contributed by atoms with Crippen LogP contribution in [0.5, 0.6) is 0 Å². The van der Waals surface area contributed by atoms with E-state index in [1.165, 1.54) is 4.90 Å². The maximum atomic E-state index is 14.4. The van der Waals surface area contributed by atoms with Gasteiger partial charge in [-0.15, -0.1) is 0 Å². The highest BCUT2D eigenvalue weighted by molar-refractivity contribution is 6.11. The second kappa shape index (κ2) is 8.04. The lowest BCUT2D eigenvalue weighted by Gasteiger charge is -2.29. The molecule has 1 heterocycles. The zero-order chi connectivity index (χ0) is 21.4. The number of amidine groups is 1. The first-order valence-electron chi connectivity index (χ1n) is 10.8. The predicted octanol–water partition coefficient (Wildman–Crippen LogP) is 2.25. The maximum absolute atomic E-state index is 14.4. The van der Waals surface area contributed by atoms with Gasteiger partial charge in [-0.1, -0.05) is 37.5 Å². The summed E-state index contributed by atoms with van der Waals surface area (Å²) in [6.45, 7) is 0. The molecule has 2 saturated carbocycles. The predicted molar refractivity (Wildman–Crippen MR) is 104 cm³/mol. The fraction of sp³-hybridized carbons (Fsp3) is 0.591. The highest BCUT2D eigenvalue weighted by atomic mass is 19.4. The van der Waals surface area contributed by atoms with Gasteiger partial charge in [0.15, 0.2) is 0 Å².